The van der Waals surface area contributed by atoms with Crippen molar-refractivity contribution in [3.8, 4) is 5.75 Å². The van der Waals surface area contributed by atoms with E-state index >= 15 is 0 Å². The Kier molecular flexibility index (Phi) is 4.52. The van der Waals surface area contributed by atoms with Crippen LogP contribution in [0, 0.1) is 6.92 Å². The molecule has 0 aliphatic heterocycles. The Morgan fingerprint density at radius 3 is 2.84 bits per heavy atom. The highest BCUT2D eigenvalue weighted by Crippen LogP contribution is 2.18. The Bertz CT molecular complexity index is 525. The van der Waals surface area contributed by atoms with Crippen LogP contribution in [-0.4, -0.2) is 23.3 Å². The lowest BCUT2D eigenvalue weighted by Crippen LogP contribution is -2.27. The lowest BCUT2D eigenvalue weighted by molar-refractivity contribution is 0.355. The quantitative estimate of drug-likeness (QED) is 0.863. The molecule has 1 aromatic carbocycles. The number of para-hydroxylation sites is 1. The lowest BCUT2D eigenvalue weighted by atomic mass is 10.1. The number of aromatic nitrogens is 2. The number of nitrogens with one attached hydrogen (secondary N) is 1. The van der Waals surface area contributed by atoms with Crippen LogP contribution in [0.1, 0.15) is 24.2 Å². The Hall–Kier alpha value is -1.88. The zero-order chi connectivity index (χ0) is 13.7. The number of hydrogen-bond acceptors (Lipinski definition) is 5. The van der Waals surface area contributed by atoms with E-state index in [1.165, 1.54) is 5.56 Å². The van der Waals surface area contributed by atoms with E-state index in [9.17, 15) is 0 Å². The van der Waals surface area contributed by atoms with Gasteiger partial charge in [-0.2, -0.15) is 4.98 Å². The van der Waals surface area contributed by atoms with E-state index < -0.39 is 0 Å². The second kappa shape index (κ2) is 6.33. The van der Waals surface area contributed by atoms with E-state index in [4.69, 9.17) is 9.26 Å². The summed E-state index contributed by atoms with van der Waals surface area (Å²) in [6.07, 6.45) is 0.886. The summed E-state index contributed by atoms with van der Waals surface area (Å²) >= 11 is 0. The number of hydrogen-bond donors (Lipinski definition) is 1. The molecule has 102 valence electrons. The Balaban J connectivity index is 1.88. The predicted octanol–water partition coefficient (Wildman–Crippen LogP) is 2.11. The summed E-state index contributed by atoms with van der Waals surface area (Å²) in [5, 5.41) is 7.12. The zero-order valence-electron chi connectivity index (χ0n) is 11.5. The Morgan fingerprint density at radius 2 is 2.16 bits per heavy atom. The first-order chi connectivity index (χ1) is 9.19. The molecule has 5 heteroatoms. The first-order valence-corrected chi connectivity index (χ1v) is 6.33. The third-order valence-corrected chi connectivity index (χ3v) is 2.89. The van der Waals surface area contributed by atoms with Crippen LogP contribution < -0.4 is 10.1 Å². The van der Waals surface area contributed by atoms with E-state index in [1.807, 2.05) is 25.1 Å². The molecule has 1 atom stereocenters. The molecule has 0 spiro atoms. The smallest absolute Gasteiger partial charge is 0.240 e. The molecule has 0 amide bonds. The first-order valence-electron chi connectivity index (χ1n) is 6.33. The average molecular weight is 261 g/mol. The highest BCUT2D eigenvalue weighted by atomic mass is 16.5. The van der Waals surface area contributed by atoms with Gasteiger partial charge in [0.2, 0.25) is 5.89 Å². The number of methoxy groups -OCH3 is 1. The van der Waals surface area contributed by atoms with Gasteiger partial charge in [0.15, 0.2) is 5.82 Å². The van der Waals surface area contributed by atoms with Gasteiger partial charge in [-0.15, -0.1) is 0 Å². The highest BCUT2D eigenvalue weighted by Gasteiger charge is 2.09. The summed E-state index contributed by atoms with van der Waals surface area (Å²) in [7, 11) is 1.69. The minimum absolute atomic E-state index is 0.295. The maximum Gasteiger partial charge on any atom is 0.240 e. The van der Waals surface area contributed by atoms with E-state index in [-0.39, 0.29) is 0 Å². The van der Waals surface area contributed by atoms with Crippen molar-refractivity contribution in [1.29, 1.82) is 0 Å². The fraction of sp³-hybridized carbons (Fsp3) is 0.429. The summed E-state index contributed by atoms with van der Waals surface area (Å²) in [4.78, 5) is 4.16. The third-order valence-electron chi connectivity index (χ3n) is 2.89. The molecule has 0 aliphatic rings. The molecular formula is C14H19N3O2. The Morgan fingerprint density at radius 1 is 1.37 bits per heavy atom. The molecule has 2 aromatic rings. The molecular weight excluding hydrogens is 242 g/mol. The fourth-order valence-electron chi connectivity index (χ4n) is 1.95. The van der Waals surface area contributed by atoms with E-state index in [2.05, 4.69) is 28.4 Å². The molecule has 1 aromatic heterocycles. The van der Waals surface area contributed by atoms with Crippen LogP contribution in [-0.2, 0) is 13.0 Å². The molecule has 2 rings (SSSR count). The van der Waals surface area contributed by atoms with Crippen LogP contribution in [0.5, 0.6) is 5.75 Å². The molecule has 19 heavy (non-hydrogen) atoms. The summed E-state index contributed by atoms with van der Waals surface area (Å²) in [5.74, 6) is 2.20. The first kappa shape index (κ1) is 13.5. The van der Waals surface area contributed by atoms with Gasteiger partial charge in [0.25, 0.3) is 0 Å². The van der Waals surface area contributed by atoms with Gasteiger partial charge in [0, 0.05) is 6.04 Å². The van der Waals surface area contributed by atoms with Crippen molar-refractivity contribution in [2.24, 2.45) is 0 Å². The van der Waals surface area contributed by atoms with Crippen molar-refractivity contribution in [2.45, 2.75) is 32.9 Å². The van der Waals surface area contributed by atoms with Crippen LogP contribution in [0.15, 0.2) is 28.8 Å². The van der Waals surface area contributed by atoms with Gasteiger partial charge >= 0.3 is 0 Å². The molecule has 1 unspecified atom stereocenters. The minimum atomic E-state index is 0.295. The van der Waals surface area contributed by atoms with Gasteiger partial charge < -0.3 is 14.6 Å². The van der Waals surface area contributed by atoms with Crippen LogP contribution in [0.3, 0.4) is 0 Å². The van der Waals surface area contributed by atoms with Crippen LogP contribution in [0.25, 0.3) is 0 Å². The van der Waals surface area contributed by atoms with Gasteiger partial charge in [-0.3, -0.25) is 0 Å². The standard InChI is InChI=1S/C14H19N3O2/c1-10(15-9-14-16-11(2)17-19-14)8-12-6-4-5-7-13(12)18-3/h4-7,10,15H,8-9H2,1-3H3. The molecule has 0 radical (unpaired) electrons. The molecule has 0 aliphatic carbocycles. The van der Waals surface area contributed by atoms with Crippen molar-refractivity contribution >= 4 is 0 Å². The number of ether oxygens (including phenoxy) is 1. The normalized spacial score (nSPS) is 12.4. The number of nitrogens with zero attached hydrogens (tertiary/aromatic N) is 2. The van der Waals surface area contributed by atoms with Gasteiger partial charge in [-0.25, -0.2) is 0 Å². The summed E-state index contributed by atoms with van der Waals surface area (Å²) in [6.45, 7) is 4.51. The van der Waals surface area contributed by atoms with E-state index in [1.54, 1.807) is 7.11 Å². The summed E-state index contributed by atoms with van der Waals surface area (Å²) in [5.41, 5.74) is 1.19. The van der Waals surface area contributed by atoms with Gasteiger partial charge in [-0.1, -0.05) is 23.4 Å². The number of benzene rings is 1. The topological polar surface area (TPSA) is 60.2 Å². The molecule has 0 bridgehead atoms. The van der Waals surface area contributed by atoms with Crippen LogP contribution in [0.2, 0.25) is 0 Å². The second-order valence-corrected chi connectivity index (χ2v) is 4.53. The SMILES string of the molecule is COc1ccccc1CC(C)NCc1nc(C)no1. The molecule has 0 saturated heterocycles. The predicted molar refractivity (Wildman–Crippen MR) is 72.0 cm³/mol. The minimum Gasteiger partial charge on any atom is -0.496 e. The second-order valence-electron chi connectivity index (χ2n) is 4.53. The van der Waals surface area contributed by atoms with Crippen molar-refractivity contribution in [3.63, 3.8) is 0 Å². The summed E-state index contributed by atoms with van der Waals surface area (Å²) in [6, 6.07) is 8.34. The van der Waals surface area contributed by atoms with Crippen molar-refractivity contribution in [1.82, 2.24) is 15.5 Å². The number of aryl methyl sites for hydroxylation is 1. The lowest BCUT2D eigenvalue weighted by Gasteiger charge is -2.14. The van der Waals surface area contributed by atoms with Crippen molar-refractivity contribution in [3.05, 3.63) is 41.5 Å². The maximum absolute atomic E-state index is 5.34. The van der Waals surface area contributed by atoms with Gasteiger partial charge in [-0.05, 0) is 31.9 Å². The van der Waals surface area contributed by atoms with Crippen LogP contribution >= 0.6 is 0 Å². The molecule has 0 saturated carbocycles. The zero-order valence-corrected chi connectivity index (χ0v) is 11.5. The third kappa shape index (κ3) is 3.79. The molecule has 1 N–H and O–H groups in total. The molecule has 0 fully saturated rings. The van der Waals surface area contributed by atoms with E-state index in [0.717, 1.165) is 12.2 Å². The van der Waals surface area contributed by atoms with Crippen molar-refractivity contribution in [2.75, 3.05) is 7.11 Å². The largest absolute Gasteiger partial charge is 0.496 e. The molecule has 1 heterocycles. The molecule has 5 nitrogen and oxygen atoms in total. The summed E-state index contributed by atoms with van der Waals surface area (Å²) < 4.78 is 10.4. The van der Waals surface area contributed by atoms with Crippen molar-refractivity contribution < 1.29 is 9.26 Å². The van der Waals surface area contributed by atoms with E-state index in [0.29, 0.717) is 24.3 Å². The average Bonchev–Trinajstić information content (AvgIpc) is 2.83. The maximum atomic E-state index is 5.34. The number of rotatable bonds is 6. The van der Waals surface area contributed by atoms with Gasteiger partial charge in [0.05, 0.1) is 13.7 Å². The van der Waals surface area contributed by atoms with Crippen LogP contribution in [0.4, 0.5) is 0 Å². The highest BCUT2D eigenvalue weighted by molar-refractivity contribution is 5.33. The van der Waals surface area contributed by atoms with Gasteiger partial charge in [0.1, 0.15) is 5.75 Å². The monoisotopic (exact) mass is 261 g/mol. The fourth-order valence-corrected chi connectivity index (χ4v) is 1.95. The Labute approximate surface area is 113 Å².